The summed E-state index contributed by atoms with van der Waals surface area (Å²) in [6.45, 7) is -0.269. The van der Waals surface area contributed by atoms with E-state index >= 15 is 0 Å². The summed E-state index contributed by atoms with van der Waals surface area (Å²) in [6, 6.07) is 5.07. The summed E-state index contributed by atoms with van der Waals surface area (Å²) in [6.07, 6.45) is 4.68. The summed E-state index contributed by atoms with van der Waals surface area (Å²) in [7, 11) is 0. The summed E-state index contributed by atoms with van der Waals surface area (Å²) < 4.78 is 0. The van der Waals surface area contributed by atoms with Gasteiger partial charge < -0.3 is 10.0 Å². The minimum Gasteiger partial charge on any atom is -0.480 e. The quantitative estimate of drug-likeness (QED) is 0.850. The third-order valence-corrected chi connectivity index (χ3v) is 3.68. The van der Waals surface area contributed by atoms with Gasteiger partial charge in [0.1, 0.15) is 6.54 Å². The zero-order valence-corrected chi connectivity index (χ0v) is 12.1. The number of nitrogens with zero attached hydrogens (tertiary/aromatic N) is 1. The predicted molar refractivity (Wildman–Crippen MR) is 77.9 cm³/mol. The van der Waals surface area contributed by atoms with Crippen molar-refractivity contribution >= 4 is 41.2 Å². The Morgan fingerprint density at radius 1 is 1.30 bits per heavy atom. The molecule has 0 aliphatic heterocycles. The van der Waals surface area contributed by atoms with Gasteiger partial charge in [0.05, 0.1) is 10.0 Å². The molecule has 106 valence electrons. The van der Waals surface area contributed by atoms with E-state index in [-0.39, 0.29) is 18.5 Å². The van der Waals surface area contributed by atoms with Crippen LogP contribution in [-0.4, -0.2) is 34.5 Å². The molecule has 1 amide bonds. The first-order valence-electron chi connectivity index (χ1n) is 6.13. The first-order valence-corrected chi connectivity index (χ1v) is 6.88. The van der Waals surface area contributed by atoms with Gasteiger partial charge in [0.25, 0.3) is 0 Å². The van der Waals surface area contributed by atoms with Crippen molar-refractivity contribution in [2.24, 2.45) is 0 Å². The molecule has 4 nitrogen and oxygen atoms in total. The summed E-state index contributed by atoms with van der Waals surface area (Å²) in [4.78, 5) is 24.1. The Morgan fingerprint density at radius 2 is 2.00 bits per heavy atom. The average Bonchev–Trinajstić information content (AvgIpc) is 3.21. The van der Waals surface area contributed by atoms with Crippen LogP contribution in [0.4, 0.5) is 0 Å². The summed E-state index contributed by atoms with van der Waals surface area (Å²) in [5.74, 6) is -1.31. The van der Waals surface area contributed by atoms with Gasteiger partial charge in [0.15, 0.2) is 0 Å². The summed E-state index contributed by atoms with van der Waals surface area (Å²) in [5, 5.41) is 9.66. The fourth-order valence-corrected chi connectivity index (χ4v) is 2.10. The van der Waals surface area contributed by atoms with Crippen LogP contribution in [0.2, 0.25) is 10.0 Å². The lowest BCUT2D eigenvalue weighted by Gasteiger charge is -2.17. The highest BCUT2D eigenvalue weighted by molar-refractivity contribution is 6.42. The third-order valence-electron chi connectivity index (χ3n) is 2.94. The molecule has 0 spiro atoms. The highest BCUT2D eigenvalue weighted by Gasteiger charge is 2.32. The molecular weight excluding hydrogens is 301 g/mol. The monoisotopic (exact) mass is 313 g/mol. The van der Waals surface area contributed by atoms with Crippen molar-refractivity contribution in [1.82, 2.24) is 4.90 Å². The first-order chi connectivity index (χ1) is 9.47. The van der Waals surface area contributed by atoms with Crippen LogP contribution in [-0.2, 0) is 9.59 Å². The van der Waals surface area contributed by atoms with Crippen LogP contribution in [0.15, 0.2) is 24.3 Å². The van der Waals surface area contributed by atoms with Gasteiger partial charge in [-0.1, -0.05) is 29.3 Å². The molecule has 0 bridgehead atoms. The van der Waals surface area contributed by atoms with Crippen molar-refractivity contribution in [1.29, 1.82) is 0 Å². The van der Waals surface area contributed by atoms with Gasteiger partial charge in [0, 0.05) is 12.1 Å². The van der Waals surface area contributed by atoms with Crippen molar-refractivity contribution in [3.63, 3.8) is 0 Å². The Bertz CT molecular complexity index is 568. The molecule has 2 rings (SSSR count). The minimum absolute atomic E-state index is 0.0528. The second-order valence-corrected chi connectivity index (χ2v) is 5.41. The maximum atomic E-state index is 12.0. The molecule has 0 saturated heterocycles. The first kappa shape index (κ1) is 14.9. The van der Waals surface area contributed by atoms with E-state index in [2.05, 4.69) is 0 Å². The Balaban J connectivity index is 2.06. The van der Waals surface area contributed by atoms with Gasteiger partial charge in [-0.3, -0.25) is 9.59 Å². The zero-order chi connectivity index (χ0) is 14.7. The molecule has 0 radical (unpaired) electrons. The highest BCUT2D eigenvalue weighted by Crippen LogP contribution is 2.27. The zero-order valence-electron chi connectivity index (χ0n) is 10.6. The predicted octanol–water partition coefficient (Wildman–Crippen LogP) is 3.08. The molecule has 0 aromatic heterocycles. The van der Waals surface area contributed by atoms with Crippen LogP contribution in [0.25, 0.3) is 6.08 Å². The molecular formula is C14H13Cl2NO3. The van der Waals surface area contributed by atoms with Crippen LogP contribution >= 0.6 is 23.2 Å². The highest BCUT2D eigenvalue weighted by atomic mass is 35.5. The lowest BCUT2D eigenvalue weighted by Crippen LogP contribution is -2.36. The van der Waals surface area contributed by atoms with Crippen molar-refractivity contribution in [3.8, 4) is 0 Å². The van der Waals surface area contributed by atoms with Gasteiger partial charge in [-0.05, 0) is 36.6 Å². The number of carbonyl (C=O) groups excluding carboxylic acids is 1. The molecule has 1 saturated carbocycles. The van der Waals surface area contributed by atoms with Gasteiger partial charge in [-0.2, -0.15) is 0 Å². The fourth-order valence-electron chi connectivity index (χ4n) is 1.80. The van der Waals surface area contributed by atoms with E-state index in [1.807, 2.05) is 0 Å². The summed E-state index contributed by atoms with van der Waals surface area (Å²) >= 11 is 11.7. The number of halogens is 2. The Hall–Kier alpha value is -1.52. The van der Waals surface area contributed by atoms with Gasteiger partial charge in [-0.15, -0.1) is 0 Å². The van der Waals surface area contributed by atoms with Crippen LogP contribution in [0.5, 0.6) is 0 Å². The number of carbonyl (C=O) groups is 2. The molecule has 1 aromatic carbocycles. The van der Waals surface area contributed by atoms with E-state index in [0.717, 1.165) is 18.4 Å². The van der Waals surface area contributed by atoms with Crippen molar-refractivity contribution in [3.05, 3.63) is 39.9 Å². The van der Waals surface area contributed by atoms with Crippen molar-refractivity contribution in [2.45, 2.75) is 18.9 Å². The maximum absolute atomic E-state index is 12.0. The molecule has 0 unspecified atom stereocenters. The van der Waals surface area contributed by atoms with E-state index in [1.165, 1.54) is 11.0 Å². The van der Waals surface area contributed by atoms with Crippen molar-refractivity contribution in [2.75, 3.05) is 6.54 Å². The molecule has 20 heavy (non-hydrogen) atoms. The molecule has 1 fully saturated rings. The Kier molecular flexibility index (Phi) is 4.68. The number of hydrogen-bond acceptors (Lipinski definition) is 2. The van der Waals surface area contributed by atoms with E-state index in [0.29, 0.717) is 10.0 Å². The van der Waals surface area contributed by atoms with Gasteiger partial charge >= 0.3 is 5.97 Å². The maximum Gasteiger partial charge on any atom is 0.323 e. The number of aliphatic carboxylic acids is 1. The Morgan fingerprint density at radius 3 is 2.55 bits per heavy atom. The lowest BCUT2D eigenvalue weighted by atomic mass is 10.2. The van der Waals surface area contributed by atoms with E-state index < -0.39 is 5.97 Å². The molecule has 1 aliphatic rings. The second-order valence-electron chi connectivity index (χ2n) is 4.60. The molecule has 0 atom stereocenters. The largest absolute Gasteiger partial charge is 0.480 e. The minimum atomic E-state index is -1.01. The van der Waals surface area contributed by atoms with E-state index in [4.69, 9.17) is 28.3 Å². The standard InChI is InChI=1S/C14H13Cl2NO3/c15-11-5-1-9(7-12(11)16)2-6-13(18)17(8-14(19)20)10-3-4-10/h1-2,5-7,10H,3-4,8H2,(H,19,20). The summed E-state index contributed by atoms with van der Waals surface area (Å²) in [5.41, 5.74) is 0.735. The number of rotatable bonds is 5. The SMILES string of the molecule is O=C(O)CN(C(=O)C=Cc1ccc(Cl)c(Cl)c1)C1CC1. The number of carboxylic acids is 1. The third kappa shape index (κ3) is 3.99. The topological polar surface area (TPSA) is 57.6 Å². The average molecular weight is 314 g/mol. The fraction of sp³-hybridized carbons (Fsp3) is 0.286. The molecule has 6 heteroatoms. The van der Waals surface area contributed by atoms with E-state index in [9.17, 15) is 9.59 Å². The lowest BCUT2D eigenvalue weighted by molar-refractivity contribution is -0.143. The van der Waals surface area contributed by atoms with Crippen molar-refractivity contribution < 1.29 is 14.7 Å². The molecule has 1 N–H and O–H groups in total. The van der Waals surface area contributed by atoms with Gasteiger partial charge in [-0.25, -0.2) is 0 Å². The number of hydrogen-bond donors (Lipinski definition) is 1. The van der Waals surface area contributed by atoms with E-state index in [1.54, 1.807) is 24.3 Å². The molecule has 1 aromatic rings. The smallest absolute Gasteiger partial charge is 0.323 e. The van der Waals surface area contributed by atoms with Crippen LogP contribution in [0.1, 0.15) is 18.4 Å². The van der Waals surface area contributed by atoms with Crippen LogP contribution in [0, 0.1) is 0 Å². The van der Waals surface area contributed by atoms with Crippen LogP contribution < -0.4 is 0 Å². The van der Waals surface area contributed by atoms with Crippen LogP contribution in [0.3, 0.4) is 0 Å². The Labute approximate surface area is 126 Å². The number of amides is 1. The number of benzene rings is 1. The van der Waals surface area contributed by atoms with Gasteiger partial charge in [0.2, 0.25) is 5.91 Å². The molecule has 0 heterocycles. The molecule has 1 aliphatic carbocycles. The second kappa shape index (κ2) is 6.29. The number of carboxylic acid groups (broad SMARTS) is 1. The normalized spacial score (nSPS) is 14.5.